The first kappa shape index (κ1) is 10.6. The summed E-state index contributed by atoms with van der Waals surface area (Å²) in [5.74, 6) is -2.29. The summed E-state index contributed by atoms with van der Waals surface area (Å²) in [7, 11) is -4.28. The second-order valence-corrected chi connectivity index (χ2v) is 3.77. The zero-order valence-corrected chi connectivity index (χ0v) is 7.01. The standard InChI is InChI=1S/C4H6O5S2/c5-1-3(4(6)10)2-11(7,8)9/h1,3H,2H2,(H,6,10)(H,7,8,9). The fourth-order valence-electron chi connectivity index (χ4n) is 0.396. The molecule has 0 bridgehead atoms. The Balaban J connectivity index is 4.34. The molecule has 0 rings (SSSR count). The third-order valence-electron chi connectivity index (χ3n) is 0.872. The first-order valence-corrected chi connectivity index (χ1v) is 4.55. The van der Waals surface area contributed by atoms with Crippen LogP contribution in [0.1, 0.15) is 0 Å². The van der Waals surface area contributed by atoms with Gasteiger partial charge in [-0.3, -0.25) is 9.35 Å². The molecule has 1 unspecified atom stereocenters. The molecule has 0 spiro atoms. The van der Waals surface area contributed by atoms with Crippen LogP contribution in [0.4, 0.5) is 0 Å². The maximum absolute atomic E-state index is 10.3. The number of hydrogen-bond acceptors (Lipinski definition) is 4. The largest absolute Gasteiger partial charge is 0.303 e. The third-order valence-corrected chi connectivity index (χ3v) is 1.98. The molecule has 0 aromatic carbocycles. The topological polar surface area (TPSA) is 88.5 Å². The van der Waals surface area contributed by atoms with E-state index < -0.39 is 26.9 Å². The van der Waals surface area contributed by atoms with Crippen molar-refractivity contribution in [3.63, 3.8) is 0 Å². The van der Waals surface area contributed by atoms with E-state index in [4.69, 9.17) is 4.55 Å². The molecule has 5 nitrogen and oxygen atoms in total. The Morgan fingerprint density at radius 2 is 2.09 bits per heavy atom. The summed E-state index contributed by atoms with van der Waals surface area (Å²) in [6.45, 7) is 0. The van der Waals surface area contributed by atoms with Crippen molar-refractivity contribution in [1.29, 1.82) is 0 Å². The van der Waals surface area contributed by atoms with Crippen LogP contribution in [0, 0.1) is 5.92 Å². The predicted molar refractivity (Wildman–Crippen MR) is 40.0 cm³/mol. The Morgan fingerprint density at radius 3 is 2.18 bits per heavy atom. The summed E-state index contributed by atoms with van der Waals surface area (Å²) in [4.78, 5) is 20.3. The molecule has 0 radical (unpaired) electrons. The van der Waals surface area contributed by atoms with Crippen molar-refractivity contribution in [3.05, 3.63) is 0 Å². The molecule has 0 saturated carbocycles. The lowest BCUT2D eigenvalue weighted by atomic mass is 10.2. The van der Waals surface area contributed by atoms with Crippen molar-refractivity contribution in [2.24, 2.45) is 5.92 Å². The van der Waals surface area contributed by atoms with Gasteiger partial charge in [0, 0.05) is 0 Å². The predicted octanol–water partition coefficient (Wildman–Crippen LogP) is -0.854. The van der Waals surface area contributed by atoms with Crippen molar-refractivity contribution in [2.45, 2.75) is 0 Å². The molecule has 11 heavy (non-hydrogen) atoms. The van der Waals surface area contributed by atoms with Crippen LogP contribution in [0.2, 0.25) is 0 Å². The molecule has 1 N–H and O–H groups in total. The average molecular weight is 198 g/mol. The van der Waals surface area contributed by atoms with E-state index >= 15 is 0 Å². The molecule has 0 saturated heterocycles. The second-order valence-electron chi connectivity index (χ2n) is 1.83. The summed E-state index contributed by atoms with van der Waals surface area (Å²) < 4.78 is 28.4. The van der Waals surface area contributed by atoms with Gasteiger partial charge in [0.1, 0.15) is 6.29 Å². The molecule has 0 aromatic rings. The maximum atomic E-state index is 10.3. The van der Waals surface area contributed by atoms with E-state index in [1.165, 1.54) is 0 Å². The van der Waals surface area contributed by atoms with Crippen LogP contribution >= 0.6 is 12.6 Å². The number of hydrogen-bond donors (Lipinski definition) is 2. The second kappa shape index (κ2) is 3.84. The van der Waals surface area contributed by atoms with Crippen molar-refractivity contribution in [2.75, 3.05) is 5.75 Å². The maximum Gasteiger partial charge on any atom is 0.266 e. The van der Waals surface area contributed by atoms with Gasteiger partial charge >= 0.3 is 0 Å². The highest BCUT2D eigenvalue weighted by atomic mass is 32.2. The van der Waals surface area contributed by atoms with Gasteiger partial charge in [0.25, 0.3) is 10.1 Å². The summed E-state index contributed by atoms with van der Waals surface area (Å²) in [5.41, 5.74) is 0. The van der Waals surface area contributed by atoms with E-state index in [2.05, 4.69) is 12.6 Å². The van der Waals surface area contributed by atoms with Crippen molar-refractivity contribution < 1.29 is 22.6 Å². The first-order valence-electron chi connectivity index (χ1n) is 2.50. The molecule has 1 atom stereocenters. The number of rotatable bonds is 4. The fourth-order valence-corrected chi connectivity index (χ4v) is 1.36. The summed E-state index contributed by atoms with van der Waals surface area (Å²) >= 11 is 3.24. The Labute approximate surface area is 68.9 Å². The first-order chi connectivity index (χ1) is 4.87. The van der Waals surface area contributed by atoms with Gasteiger partial charge in [-0.2, -0.15) is 8.42 Å². The van der Waals surface area contributed by atoms with Gasteiger partial charge < -0.3 is 4.79 Å². The number of thiol groups is 1. The zero-order valence-electron chi connectivity index (χ0n) is 5.30. The van der Waals surface area contributed by atoms with E-state index in [0.29, 0.717) is 0 Å². The van der Waals surface area contributed by atoms with Gasteiger partial charge in [0.15, 0.2) is 5.12 Å². The molecule has 0 aliphatic heterocycles. The van der Waals surface area contributed by atoms with Crippen LogP contribution in [-0.4, -0.2) is 30.1 Å². The van der Waals surface area contributed by atoms with Crippen molar-refractivity contribution in [3.8, 4) is 0 Å². The molecule has 0 aliphatic carbocycles. The van der Waals surface area contributed by atoms with Gasteiger partial charge in [-0.1, -0.05) is 0 Å². The van der Waals surface area contributed by atoms with Crippen LogP contribution in [0.15, 0.2) is 0 Å². The van der Waals surface area contributed by atoms with Gasteiger partial charge in [-0.15, -0.1) is 12.6 Å². The minimum Gasteiger partial charge on any atom is -0.303 e. The Hall–Kier alpha value is -0.400. The van der Waals surface area contributed by atoms with Crippen molar-refractivity contribution in [1.82, 2.24) is 0 Å². The summed E-state index contributed by atoms with van der Waals surface area (Å²) in [6, 6.07) is 0. The number of aldehydes is 1. The van der Waals surface area contributed by atoms with Gasteiger partial charge in [0.05, 0.1) is 11.7 Å². The summed E-state index contributed by atoms with van der Waals surface area (Å²) in [5, 5.41) is -0.877. The molecule has 0 aromatic heterocycles. The normalized spacial score (nSPS) is 14.0. The smallest absolute Gasteiger partial charge is 0.266 e. The van der Waals surface area contributed by atoms with E-state index in [1.54, 1.807) is 0 Å². The van der Waals surface area contributed by atoms with Crippen LogP contribution in [0.3, 0.4) is 0 Å². The highest BCUT2D eigenvalue weighted by Crippen LogP contribution is 2.01. The number of carbonyl (C=O) groups excluding carboxylic acids is 2. The lowest BCUT2D eigenvalue weighted by Crippen LogP contribution is -2.21. The zero-order chi connectivity index (χ0) is 9.07. The van der Waals surface area contributed by atoms with Crippen LogP contribution in [0.5, 0.6) is 0 Å². The highest BCUT2D eigenvalue weighted by molar-refractivity contribution is 7.96. The third kappa shape index (κ3) is 4.93. The lowest BCUT2D eigenvalue weighted by molar-refractivity contribution is -0.120. The molecule has 0 aliphatic rings. The molecule has 0 heterocycles. The number of carbonyl (C=O) groups is 2. The van der Waals surface area contributed by atoms with Gasteiger partial charge in [0.2, 0.25) is 0 Å². The average Bonchev–Trinajstić information content (AvgIpc) is 1.80. The Kier molecular flexibility index (Phi) is 3.70. The Bertz CT molecular complexity index is 254. The van der Waals surface area contributed by atoms with Crippen LogP contribution in [-0.2, 0) is 19.7 Å². The minimum atomic E-state index is -4.28. The molecular formula is C4H6O5S2. The van der Waals surface area contributed by atoms with E-state index in [0.717, 1.165) is 0 Å². The summed E-state index contributed by atoms with van der Waals surface area (Å²) in [6.07, 6.45) is 0.128. The van der Waals surface area contributed by atoms with Crippen LogP contribution < -0.4 is 0 Å². The monoisotopic (exact) mass is 198 g/mol. The highest BCUT2D eigenvalue weighted by Gasteiger charge is 2.20. The van der Waals surface area contributed by atoms with Gasteiger partial charge in [-0.05, 0) is 0 Å². The molecule has 0 fully saturated rings. The lowest BCUT2D eigenvalue weighted by Gasteiger charge is -2.00. The van der Waals surface area contributed by atoms with Crippen molar-refractivity contribution >= 4 is 34.1 Å². The van der Waals surface area contributed by atoms with E-state index in [9.17, 15) is 18.0 Å². The van der Waals surface area contributed by atoms with E-state index in [1.807, 2.05) is 0 Å². The molecule has 7 heteroatoms. The molecular weight excluding hydrogens is 192 g/mol. The van der Waals surface area contributed by atoms with Crippen LogP contribution in [0.25, 0.3) is 0 Å². The fraction of sp³-hybridized carbons (Fsp3) is 0.500. The minimum absolute atomic E-state index is 0.128. The van der Waals surface area contributed by atoms with E-state index in [-0.39, 0.29) is 6.29 Å². The quantitative estimate of drug-likeness (QED) is 0.266. The van der Waals surface area contributed by atoms with Gasteiger partial charge in [-0.25, -0.2) is 0 Å². The molecule has 0 amide bonds. The molecule has 64 valence electrons. The SMILES string of the molecule is O=CC(CS(=O)(=O)O)C(=O)S. The Morgan fingerprint density at radius 1 is 1.64 bits per heavy atom.